The molecule has 2 aliphatic carbocycles. The van der Waals surface area contributed by atoms with Crippen molar-refractivity contribution in [3.8, 4) is 0 Å². The zero-order chi connectivity index (χ0) is 12.7. The molecule has 0 aromatic heterocycles. The van der Waals surface area contributed by atoms with Gasteiger partial charge in [-0.3, -0.25) is 0 Å². The van der Waals surface area contributed by atoms with Gasteiger partial charge in [0.1, 0.15) is 0 Å². The van der Waals surface area contributed by atoms with Gasteiger partial charge in [0.25, 0.3) is 0 Å². The van der Waals surface area contributed by atoms with Crippen LogP contribution in [0.15, 0.2) is 5.10 Å². The number of hydrogen-bond acceptors (Lipinski definition) is 2. The first-order valence-electron chi connectivity index (χ1n) is 5.72. The fraction of sp³-hybridized carbons (Fsp3) is 0.267. The van der Waals surface area contributed by atoms with Crippen molar-refractivity contribution >= 4 is 5.71 Å². The molecule has 2 fully saturated rings. The third kappa shape index (κ3) is 7.43. The molecule has 18 heavy (non-hydrogen) atoms. The van der Waals surface area contributed by atoms with E-state index in [0.29, 0.717) is 0 Å². The normalized spacial score (nSPS) is 21.2. The van der Waals surface area contributed by atoms with Crippen LogP contribution >= 0.6 is 0 Å². The van der Waals surface area contributed by atoms with Crippen molar-refractivity contribution < 1.29 is 17.1 Å². The van der Waals surface area contributed by atoms with Crippen LogP contribution < -0.4 is 0 Å². The van der Waals surface area contributed by atoms with Crippen molar-refractivity contribution in [3.63, 3.8) is 0 Å². The molecule has 2 saturated carbocycles. The van der Waals surface area contributed by atoms with Gasteiger partial charge in [0.2, 0.25) is 0 Å². The number of nitrogens with zero attached hydrogens (tertiary/aromatic N) is 2. The van der Waals surface area contributed by atoms with E-state index < -0.39 is 0 Å². The van der Waals surface area contributed by atoms with E-state index in [1.165, 1.54) is 11.8 Å². The molecule has 0 bridgehead atoms. The van der Waals surface area contributed by atoms with Crippen molar-refractivity contribution in [2.75, 3.05) is 14.1 Å². The molecule has 3 heteroatoms. The monoisotopic (exact) mass is 284 g/mol. The molecule has 2 rings (SSSR count). The molecule has 0 aromatic carbocycles. The number of rotatable bonds is 2. The first kappa shape index (κ1) is 18.0. The van der Waals surface area contributed by atoms with Gasteiger partial charge in [-0.15, -0.1) is 0 Å². The fourth-order valence-electron chi connectivity index (χ4n) is 1.44. The molecule has 2 aliphatic rings. The maximum atomic E-state index is 4.27. The van der Waals surface area contributed by atoms with Crippen molar-refractivity contribution in [2.45, 2.75) is 13.8 Å². The second-order valence-corrected chi connectivity index (χ2v) is 4.17. The van der Waals surface area contributed by atoms with Gasteiger partial charge >= 0.3 is 0 Å². The van der Waals surface area contributed by atoms with Crippen LogP contribution in [0.3, 0.4) is 0 Å². The quantitative estimate of drug-likeness (QED) is 0.432. The molecule has 0 aromatic rings. The first-order valence-corrected chi connectivity index (χ1v) is 5.72. The van der Waals surface area contributed by atoms with Crippen LogP contribution in [0.1, 0.15) is 13.8 Å². The number of hydrazone groups is 1. The summed E-state index contributed by atoms with van der Waals surface area (Å²) in [5, 5.41) is 6.08. The minimum Gasteiger partial charge on any atom is -0.303 e. The third-order valence-corrected chi connectivity index (χ3v) is 2.26. The van der Waals surface area contributed by atoms with E-state index in [1.807, 2.05) is 51.7 Å². The van der Waals surface area contributed by atoms with Gasteiger partial charge in [-0.2, -0.15) is 5.10 Å². The van der Waals surface area contributed by atoms with E-state index in [0.717, 1.165) is 5.71 Å². The summed E-state index contributed by atoms with van der Waals surface area (Å²) in [5.74, 6) is 2.54. The summed E-state index contributed by atoms with van der Waals surface area (Å²) in [4.78, 5) is 0. The minimum atomic E-state index is 0. The summed E-state index contributed by atoms with van der Waals surface area (Å²) in [6.45, 7) is 4.09. The summed E-state index contributed by atoms with van der Waals surface area (Å²) >= 11 is 0. The Morgan fingerprint density at radius 2 is 1.39 bits per heavy atom. The first-order chi connectivity index (χ1) is 8.09. The topological polar surface area (TPSA) is 15.6 Å². The van der Waals surface area contributed by atoms with E-state index >= 15 is 0 Å². The van der Waals surface area contributed by atoms with Crippen LogP contribution in [0.4, 0.5) is 0 Å². The molecule has 0 N–H and O–H groups in total. The molecule has 0 atom stereocenters. The van der Waals surface area contributed by atoms with Crippen LogP contribution in [0.2, 0.25) is 0 Å². The van der Waals surface area contributed by atoms with E-state index in [4.69, 9.17) is 0 Å². The van der Waals surface area contributed by atoms with Crippen LogP contribution in [0.25, 0.3) is 0 Å². The Labute approximate surface area is 124 Å². The Balaban J connectivity index is 0.000000352. The Hall–Kier alpha value is -0.0105. The van der Waals surface area contributed by atoms with E-state index in [2.05, 4.69) is 37.7 Å². The zero-order valence-corrected chi connectivity index (χ0v) is 12.5. The van der Waals surface area contributed by atoms with Crippen molar-refractivity contribution in [1.29, 1.82) is 0 Å². The maximum absolute atomic E-state index is 4.27. The summed E-state index contributed by atoms with van der Waals surface area (Å²) in [7, 11) is 3.85. The molecule has 2 nitrogen and oxygen atoms in total. The maximum Gasteiger partial charge on any atom is 0.0426 e. The van der Waals surface area contributed by atoms with Crippen molar-refractivity contribution in [2.24, 2.45) is 5.10 Å². The van der Waals surface area contributed by atoms with Gasteiger partial charge in [0.15, 0.2) is 0 Å². The molecule has 0 unspecified atom stereocenters. The molecular formula is C15H20FeN2. The largest absolute Gasteiger partial charge is 0.303 e. The zero-order valence-electron chi connectivity index (χ0n) is 11.4. The average molecular weight is 284 g/mol. The van der Waals surface area contributed by atoms with Gasteiger partial charge in [0.05, 0.1) is 0 Å². The smallest absolute Gasteiger partial charge is 0.0426 e. The summed E-state index contributed by atoms with van der Waals surface area (Å²) < 4.78 is 0. The minimum absolute atomic E-state index is 0. The van der Waals surface area contributed by atoms with E-state index in [1.54, 1.807) is 0 Å². The standard InChI is InChI=1S/C9H13N2.C6H7.Fe/c1-8(10-11(2)3)9-6-4-5-7-9;1-6-4-2-3-5-6;/h4-7H,1-3H3;2-5H,1H3;/b10-8+;;. The molecular weight excluding hydrogens is 264 g/mol. The molecule has 0 aliphatic heterocycles. The second kappa shape index (κ2) is 9.86. The van der Waals surface area contributed by atoms with Crippen molar-refractivity contribution in [1.82, 2.24) is 5.01 Å². The molecule has 0 heterocycles. The number of hydrogen-bond donors (Lipinski definition) is 0. The summed E-state index contributed by atoms with van der Waals surface area (Å²) in [6, 6.07) is 0. The van der Waals surface area contributed by atoms with Gasteiger partial charge in [-0.25, -0.2) is 0 Å². The third-order valence-electron chi connectivity index (χ3n) is 2.26. The van der Waals surface area contributed by atoms with Gasteiger partial charge in [-0.1, -0.05) is 6.92 Å². The van der Waals surface area contributed by atoms with Crippen LogP contribution in [0, 0.1) is 63.2 Å². The Morgan fingerprint density at radius 1 is 0.944 bits per heavy atom. The Bertz CT molecular complexity index is 227. The Kier molecular flexibility index (Phi) is 9.85. The van der Waals surface area contributed by atoms with E-state index in [9.17, 15) is 0 Å². The Morgan fingerprint density at radius 3 is 1.72 bits per heavy atom. The SMILES string of the molecule is C/C(=N\N(C)C)[C]1[CH][CH][CH][CH]1.C[C]1[CH][CH][CH][CH]1.[Fe]. The van der Waals surface area contributed by atoms with Gasteiger partial charge in [0, 0.05) is 42.8 Å². The fourth-order valence-corrected chi connectivity index (χ4v) is 1.44. The van der Waals surface area contributed by atoms with Crippen LogP contribution in [0.5, 0.6) is 0 Å². The summed E-state index contributed by atoms with van der Waals surface area (Å²) in [6.07, 6.45) is 16.4. The van der Waals surface area contributed by atoms with E-state index in [-0.39, 0.29) is 17.1 Å². The van der Waals surface area contributed by atoms with Crippen LogP contribution in [-0.4, -0.2) is 24.8 Å². The molecule has 0 saturated heterocycles. The average Bonchev–Trinajstić information content (AvgIpc) is 2.88. The van der Waals surface area contributed by atoms with Gasteiger partial charge < -0.3 is 5.01 Å². The van der Waals surface area contributed by atoms with Crippen molar-refractivity contribution in [3.05, 3.63) is 63.2 Å². The molecule has 0 spiro atoms. The second-order valence-electron chi connectivity index (χ2n) is 4.17. The molecule has 98 valence electrons. The predicted molar refractivity (Wildman–Crippen MR) is 73.4 cm³/mol. The predicted octanol–water partition coefficient (Wildman–Crippen LogP) is 2.74. The van der Waals surface area contributed by atoms with Gasteiger partial charge in [-0.05, 0) is 64.2 Å². The summed E-state index contributed by atoms with van der Waals surface area (Å²) in [5.41, 5.74) is 1.06. The molecule has 0 amide bonds. The van der Waals surface area contributed by atoms with Crippen LogP contribution in [-0.2, 0) is 17.1 Å². The molecule has 10 radical (unpaired) electrons.